The van der Waals surface area contributed by atoms with Gasteiger partial charge in [-0.3, -0.25) is 0 Å². The van der Waals surface area contributed by atoms with Crippen LogP contribution in [-0.2, 0) is 0 Å². The third-order valence-corrected chi connectivity index (χ3v) is 22.9. The van der Waals surface area contributed by atoms with Crippen molar-refractivity contribution in [2.75, 3.05) is 0 Å². The summed E-state index contributed by atoms with van der Waals surface area (Å²) in [5, 5.41) is 4.58. The maximum absolute atomic E-state index is 4.07. The Morgan fingerprint density at radius 1 is 0.625 bits per heavy atom. The van der Waals surface area contributed by atoms with E-state index in [1.54, 1.807) is 0 Å². The second-order valence-corrected chi connectivity index (χ2v) is 17.8. The Bertz CT molecular complexity index is 715. The van der Waals surface area contributed by atoms with Crippen LogP contribution in [0.2, 0.25) is 0 Å². The van der Waals surface area contributed by atoms with Crippen molar-refractivity contribution in [3.05, 3.63) is 91.0 Å². The van der Waals surface area contributed by atoms with Crippen LogP contribution in [0.1, 0.15) is 12.8 Å². The van der Waals surface area contributed by atoms with E-state index in [1.807, 2.05) is 0 Å². The molecule has 1 atom stereocenters. The molecule has 122 valence electrons. The molecule has 0 heterocycles. The molecule has 1 aliphatic rings. The number of hydrogen-bond donors (Lipinski definition) is 0. The van der Waals surface area contributed by atoms with E-state index in [0.29, 0.717) is 6.97 Å². The number of benzene rings is 3. The van der Waals surface area contributed by atoms with Gasteiger partial charge in [-0.15, -0.1) is 0 Å². The van der Waals surface area contributed by atoms with Crippen LogP contribution < -0.4 is 15.9 Å². The maximum atomic E-state index is 4.07. The summed E-state index contributed by atoms with van der Waals surface area (Å²) in [5.41, 5.74) is 0.751. The average molecular weight is 415 g/mol. The number of hydrogen-bond acceptors (Lipinski definition) is 0. The van der Waals surface area contributed by atoms with Crippen LogP contribution in [0, 0.1) is 0 Å². The fourth-order valence-electron chi connectivity index (χ4n) is 4.10. The van der Waals surface area contributed by atoms with Gasteiger partial charge in [0.1, 0.15) is 0 Å². The van der Waals surface area contributed by atoms with Gasteiger partial charge in [-0.1, -0.05) is 0 Å². The molecule has 0 aliphatic heterocycles. The Morgan fingerprint density at radius 2 is 0.958 bits per heavy atom. The van der Waals surface area contributed by atoms with Gasteiger partial charge in [0.25, 0.3) is 0 Å². The molecular weight excluding hydrogens is 394 g/mol. The summed E-state index contributed by atoms with van der Waals surface area (Å²) >= 11 is 4.07. The van der Waals surface area contributed by atoms with Crippen molar-refractivity contribution >= 4 is 44.7 Å². The van der Waals surface area contributed by atoms with Crippen LogP contribution in [0.3, 0.4) is 0 Å². The first-order valence-corrected chi connectivity index (χ1v) is 14.8. The van der Waals surface area contributed by atoms with Crippen LogP contribution in [0.5, 0.6) is 0 Å². The first-order valence-electron chi connectivity index (χ1n) is 8.39. The van der Waals surface area contributed by atoms with Gasteiger partial charge in [-0.25, -0.2) is 0 Å². The summed E-state index contributed by atoms with van der Waals surface area (Å²) in [7, 11) is 0. The molecule has 0 radical (unpaired) electrons. The molecule has 1 saturated carbocycles. The molecule has 1 fully saturated rings. The molecule has 24 heavy (non-hydrogen) atoms. The van der Waals surface area contributed by atoms with E-state index in [2.05, 4.69) is 106 Å². The first kappa shape index (κ1) is 16.5. The zero-order chi connectivity index (χ0) is 16.5. The fourth-order valence-corrected chi connectivity index (χ4v) is 21.8. The van der Waals surface area contributed by atoms with Gasteiger partial charge >= 0.3 is 154 Å². The van der Waals surface area contributed by atoms with Crippen molar-refractivity contribution in [3.63, 3.8) is 0 Å². The Balaban J connectivity index is 2.16. The van der Waals surface area contributed by atoms with Gasteiger partial charge in [0.15, 0.2) is 0 Å². The summed E-state index contributed by atoms with van der Waals surface area (Å²) in [5.74, 6) is 0. The predicted molar refractivity (Wildman–Crippen MR) is 115 cm³/mol. The van der Waals surface area contributed by atoms with Crippen LogP contribution in [0.25, 0.3) is 0 Å². The van der Waals surface area contributed by atoms with Gasteiger partial charge in [0.05, 0.1) is 0 Å². The van der Waals surface area contributed by atoms with Gasteiger partial charge in [-0.2, -0.15) is 0 Å². The van der Waals surface area contributed by atoms with Crippen molar-refractivity contribution in [2.24, 2.45) is 0 Å². The summed E-state index contributed by atoms with van der Waals surface area (Å²) in [4.78, 5) is 0. The normalized spacial score (nSPS) is 16.8. The molecule has 0 amide bonds. The summed E-state index contributed by atoms with van der Waals surface area (Å²) in [6.07, 6.45) is 0.178. The van der Waals surface area contributed by atoms with Gasteiger partial charge in [0, 0.05) is 0 Å². The van der Waals surface area contributed by atoms with E-state index < -0.39 is 6.29 Å². The molecule has 3 aromatic carbocycles. The van der Waals surface area contributed by atoms with Crippen LogP contribution >= 0.6 is 28.8 Å². The SMILES string of the molecule is BrPP(c1ccccc1)(c1ccccc1)(c1ccccc1)C1CC1. The zero-order valence-corrected chi connectivity index (χ0v) is 17.0. The Morgan fingerprint density at radius 3 is 1.21 bits per heavy atom. The third kappa shape index (κ3) is 2.19. The molecule has 0 bridgehead atoms. The molecular formula is C21H21BrP2. The number of halogens is 1. The van der Waals surface area contributed by atoms with Gasteiger partial charge in [-0.05, 0) is 0 Å². The minimum atomic E-state index is -2.48. The Kier molecular flexibility index (Phi) is 4.38. The standard InChI is InChI=1S/C21H21BrP2/c22-23-24(21-16-17-21,18-10-4-1-5-11-18,19-12-6-2-7-13-19)20-14-8-3-9-15-20/h1-15,21,23H,16-17H2. The van der Waals surface area contributed by atoms with E-state index in [0.717, 1.165) is 5.66 Å². The minimum absolute atomic E-state index is 0.708. The van der Waals surface area contributed by atoms with Gasteiger partial charge < -0.3 is 0 Å². The third-order valence-electron chi connectivity index (χ3n) is 5.33. The predicted octanol–water partition coefficient (Wildman–Crippen LogP) is 5.58. The van der Waals surface area contributed by atoms with E-state index in [-0.39, 0.29) is 0 Å². The van der Waals surface area contributed by atoms with Crippen LogP contribution in [0.15, 0.2) is 91.0 Å². The quantitative estimate of drug-likeness (QED) is 0.478. The number of rotatable bonds is 5. The Hall–Kier alpha value is -1.00. The molecule has 0 spiro atoms. The van der Waals surface area contributed by atoms with Crippen molar-refractivity contribution in [2.45, 2.75) is 18.5 Å². The summed E-state index contributed by atoms with van der Waals surface area (Å²) in [6.45, 7) is 0.708. The first-order chi connectivity index (χ1) is 11.8. The molecule has 3 heteroatoms. The van der Waals surface area contributed by atoms with E-state index in [4.69, 9.17) is 0 Å². The van der Waals surface area contributed by atoms with Crippen LogP contribution in [-0.4, -0.2) is 5.66 Å². The van der Waals surface area contributed by atoms with Gasteiger partial charge in [0.2, 0.25) is 0 Å². The van der Waals surface area contributed by atoms with Crippen molar-refractivity contribution in [1.29, 1.82) is 0 Å². The molecule has 0 aromatic heterocycles. The molecule has 0 nitrogen and oxygen atoms in total. The Labute approximate surface area is 154 Å². The second-order valence-electron chi connectivity index (χ2n) is 6.51. The fraction of sp³-hybridized carbons (Fsp3) is 0.143. The summed E-state index contributed by atoms with van der Waals surface area (Å²) in [6, 6.07) is 33.8. The monoisotopic (exact) mass is 414 g/mol. The van der Waals surface area contributed by atoms with E-state index in [1.165, 1.54) is 28.8 Å². The van der Waals surface area contributed by atoms with Crippen molar-refractivity contribution in [1.82, 2.24) is 0 Å². The molecule has 1 aliphatic carbocycles. The molecule has 0 saturated heterocycles. The summed E-state index contributed by atoms with van der Waals surface area (Å²) < 4.78 is 0. The molecule has 4 rings (SSSR count). The van der Waals surface area contributed by atoms with E-state index in [9.17, 15) is 0 Å². The zero-order valence-electron chi connectivity index (χ0n) is 13.5. The molecule has 1 unspecified atom stereocenters. The van der Waals surface area contributed by atoms with Crippen molar-refractivity contribution in [3.8, 4) is 0 Å². The van der Waals surface area contributed by atoms with Crippen LogP contribution in [0.4, 0.5) is 0 Å². The van der Waals surface area contributed by atoms with Crippen molar-refractivity contribution < 1.29 is 0 Å². The average Bonchev–Trinajstić information content (AvgIpc) is 3.52. The topological polar surface area (TPSA) is 0 Å². The molecule has 0 N–H and O–H groups in total. The van der Waals surface area contributed by atoms with E-state index >= 15 is 0 Å². The second kappa shape index (κ2) is 6.38. The molecule has 3 aromatic rings.